The molecule has 4 nitrogen and oxygen atoms in total. The van der Waals surface area contributed by atoms with Crippen molar-refractivity contribution in [3.63, 3.8) is 0 Å². The van der Waals surface area contributed by atoms with E-state index < -0.39 is 6.10 Å². The molecule has 1 heterocycles. The van der Waals surface area contributed by atoms with E-state index in [0.29, 0.717) is 13.0 Å². The van der Waals surface area contributed by atoms with Gasteiger partial charge in [-0.3, -0.25) is 4.68 Å². The predicted octanol–water partition coefficient (Wildman–Crippen LogP) is 2.79. The average Bonchev–Trinajstić information content (AvgIpc) is 2.89. The Morgan fingerprint density at radius 1 is 1.45 bits per heavy atom. The molecular weight excluding hydrogens is 252 g/mol. The first-order valence-corrected chi connectivity index (χ1v) is 7.93. The monoisotopic (exact) mass is 280 g/mol. The summed E-state index contributed by atoms with van der Waals surface area (Å²) < 4.78 is 7.91. The number of aliphatic hydroxyl groups is 1. The molecule has 0 aromatic carbocycles. The molecule has 20 heavy (non-hydrogen) atoms. The van der Waals surface area contributed by atoms with Crippen LogP contribution in [0.3, 0.4) is 0 Å². The van der Waals surface area contributed by atoms with Gasteiger partial charge in [-0.2, -0.15) is 5.10 Å². The summed E-state index contributed by atoms with van der Waals surface area (Å²) >= 11 is 0. The van der Waals surface area contributed by atoms with Crippen molar-refractivity contribution in [3.05, 3.63) is 18.0 Å². The zero-order valence-electron chi connectivity index (χ0n) is 13.0. The maximum absolute atomic E-state index is 10.7. The molecular formula is C16H28N2O2. The minimum absolute atomic E-state index is 0.352. The van der Waals surface area contributed by atoms with Crippen molar-refractivity contribution in [2.75, 3.05) is 6.61 Å². The van der Waals surface area contributed by atoms with Crippen LogP contribution >= 0.6 is 0 Å². The lowest BCUT2D eigenvalue weighted by atomic mass is 9.75. The molecule has 1 fully saturated rings. The Labute approximate surface area is 122 Å². The molecule has 114 valence electrons. The van der Waals surface area contributed by atoms with Crippen LogP contribution in [0.5, 0.6) is 0 Å². The molecule has 0 spiro atoms. The fraction of sp³-hybridized carbons (Fsp3) is 0.812. The maximum atomic E-state index is 10.7. The lowest BCUT2D eigenvalue weighted by molar-refractivity contribution is -0.143. The van der Waals surface area contributed by atoms with E-state index in [1.165, 1.54) is 0 Å². The summed E-state index contributed by atoms with van der Waals surface area (Å²) in [6.07, 6.45) is 8.29. The van der Waals surface area contributed by atoms with Gasteiger partial charge in [-0.15, -0.1) is 0 Å². The minimum atomic E-state index is -0.440. The molecule has 0 radical (unpaired) electrons. The molecule has 1 aromatic heterocycles. The first kappa shape index (κ1) is 15.5. The highest BCUT2D eigenvalue weighted by atomic mass is 16.5. The van der Waals surface area contributed by atoms with Crippen molar-refractivity contribution >= 4 is 0 Å². The van der Waals surface area contributed by atoms with Crippen molar-refractivity contribution in [2.24, 2.45) is 5.92 Å². The lowest BCUT2D eigenvalue weighted by Crippen LogP contribution is -2.48. The molecule has 1 aliphatic carbocycles. The van der Waals surface area contributed by atoms with E-state index in [2.05, 4.69) is 18.9 Å². The van der Waals surface area contributed by atoms with Crippen LogP contribution in [0.1, 0.15) is 52.0 Å². The quantitative estimate of drug-likeness (QED) is 0.871. The Morgan fingerprint density at radius 3 is 2.70 bits per heavy atom. The molecule has 1 saturated carbocycles. The van der Waals surface area contributed by atoms with Crippen molar-refractivity contribution in [1.29, 1.82) is 0 Å². The van der Waals surface area contributed by atoms with Gasteiger partial charge < -0.3 is 9.84 Å². The third-order valence-corrected chi connectivity index (χ3v) is 4.60. The summed E-state index contributed by atoms with van der Waals surface area (Å²) in [5.41, 5.74) is 0.743. The van der Waals surface area contributed by atoms with Gasteiger partial charge in [0, 0.05) is 25.8 Å². The zero-order valence-corrected chi connectivity index (χ0v) is 13.0. The Bertz CT molecular complexity index is 408. The topological polar surface area (TPSA) is 47.3 Å². The molecule has 1 aromatic rings. The van der Waals surface area contributed by atoms with E-state index in [9.17, 15) is 5.11 Å². The second kappa shape index (κ2) is 6.72. The SMILES string of the molecule is CCOC1(C(O)Cc2cnn(CC)c2)CCC(C)CC1. The van der Waals surface area contributed by atoms with Crippen molar-refractivity contribution < 1.29 is 9.84 Å². The van der Waals surface area contributed by atoms with Gasteiger partial charge in [-0.25, -0.2) is 0 Å². The Balaban J connectivity index is 2.04. The number of aliphatic hydroxyl groups excluding tert-OH is 1. The molecule has 1 N–H and O–H groups in total. The Morgan fingerprint density at radius 2 is 2.15 bits per heavy atom. The second-order valence-corrected chi connectivity index (χ2v) is 6.10. The van der Waals surface area contributed by atoms with E-state index in [1.807, 2.05) is 24.0 Å². The normalized spacial score (nSPS) is 28.5. The number of rotatable bonds is 6. The van der Waals surface area contributed by atoms with Crippen LogP contribution in [0.15, 0.2) is 12.4 Å². The molecule has 1 aliphatic rings. The van der Waals surface area contributed by atoms with Gasteiger partial charge in [0.25, 0.3) is 0 Å². The molecule has 2 rings (SSSR count). The number of aromatic nitrogens is 2. The van der Waals surface area contributed by atoms with Crippen molar-refractivity contribution in [3.8, 4) is 0 Å². The highest BCUT2D eigenvalue weighted by Crippen LogP contribution is 2.38. The Kier molecular flexibility index (Phi) is 5.22. The third-order valence-electron chi connectivity index (χ3n) is 4.60. The van der Waals surface area contributed by atoms with Gasteiger partial charge in [0.1, 0.15) is 0 Å². The number of aryl methyl sites for hydroxylation is 1. The Hall–Kier alpha value is -0.870. The first-order chi connectivity index (χ1) is 9.59. The molecule has 0 bridgehead atoms. The van der Waals surface area contributed by atoms with E-state index in [0.717, 1.165) is 43.7 Å². The fourth-order valence-electron chi connectivity index (χ4n) is 3.21. The van der Waals surface area contributed by atoms with E-state index in [4.69, 9.17) is 4.74 Å². The summed E-state index contributed by atoms with van der Waals surface area (Å²) in [7, 11) is 0. The minimum Gasteiger partial charge on any atom is -0.390 e. The van der Waals surface area contributed by atoms with Crippen LogP contribution in [0, 0.1) is 5.92 Å². The molecule has 0 aliphatic heterocycles. The lowest BCUT2D eigenvalue weighted by Gasteiger charge is -2.42. The van der Waals surface area contributed by atoms with Crippen LogP contribution < -0.4 is 0 Å². The summed E-state index contributed by atoms with van der Waals surface area (Å²) in [4.78, 5) is 0. The van der Waals surface area contributed by atoms with Gasteiger partial charge in [0.2, 0.25) is 0 Å². The van der Waals surface area contributed by atoms with E-state index in [-0.39, 0.29) is 5.60 Å². The molecule has 0 amide bonds. The summed E-state index contributed by atoms with van der Waals surface area (Å²) in [5.74, 6) is 0.749. The largest absolute Gasteiger partial charge is 0.390 e. The molecule has 4 heteroatoms. The average molecular weight is 280 g/mol. The highest BCUT2D eigenvalue weighted by Gasteiger charge is 2.41. The van der Waals surface area contributed by atoms with Crippen LogP contribution in [-0.2, 0) is 17.7 Å². The number of nitrogens with zero attached hydrogens (tertiary/aromatic N) is 2. The second-order valence-electron chi connectivity index (χ2n) is 6.10. The van der Waals surface area contributed by atoms with Gasteiger partial charge in [0.15, 0.2) is 0 Å². The first-order valence-electron chi connectivity index (χ1n) is 7.93. The van der Waals surface area contributed by atoms with Crippen LogP contribution in [0.25, 0.3) is 0 Å². The van der Waals surface area contributed by atoms with Gasteiger partial charge in [-0.05, 0) is 51.0 Å². The molecule has 1 atom stereocenters. The fourth-order valence-corrected chi connectivity index (χ4v) is 3.21. The smallest absolute Gasteiger partial charge is 0.0943 e. The van der Waals surface area contributed by atoms with Crippen LogP contribution in [0.2, 0.25) is 0 Å². The molecule has 0 saturated heterocycles. The van der Waals surface area contributed by atoms with Crippen molar-refractivity contribution in [1.82, 2.24) is 9.78 Å². The number of hydrogen-bond donors (Lipinski definition) is 1. The van der Waals surface area contributed by atoms with Gasteiger partial charge in [-0.1, -0.05) is 6.92 Å². The van der Waals surface area contributed by atoms with E-state index in [1.54, 1.807) is 0 Å². The summed E-state index contributed by atoms with van der Waals surface area (Å²) in [6.45, 7) is 7.90. The van der Waals surface area contributed by atoms with E-state index >= 15 is 0 Å². The highest BCUT2D eigenvalue weighted by molar-refractivity contribution is 5.08. The predicted molar refractivity (Wildman–Crippen MR) is 79.6 cm³/mol. The van der Waals surface area contributed by atoms with Crippen molar-refractivity contribution in [2.45, 2.75) is 71.1 Å². The summed E-state index contributed by atoms with van der Waals surface area (Å²) in [6, 6.07) is 0. The van der Waals surface area contributed by atoms with Crippen LogP contribution in [-0.4, -0.2) is 33.2 Å². The third kappa shape index (κ3) is 3.41. The number of ether oxygens (including phenoxy) is 1. The summed E-state index contributed by atoms with van der Waals surface area (Å²) in [5, 5.41) is 15.0. The van der Waals surface area contributed by atoms with Gasteiger partial charge >= 0.3 is 0 Å². The zero-order chi connectivity index (χ0) is 14.6. The van der Waals surface area contributed by atoms with Gasteiger partial charge in [0.05, 0.1) is 17.9 Å². The van der Waals surface area contributed by atoms with Crippen LogP contribution in [0.4, 0.5) is 0 Å². The molecule has 1 unspecified atom stereocenters. The maximum Gasteiger partial charge on any atom is 0.0943 e. The number of hydrogen-bond acceptors (Lipinski definition) is 3. The standard InChI is InChI=1S/C16H28N2O2/c1-4-18-12-14(11-17-18)10-15(19)16(20-5-2)8-6-13(3)7-9-16/h11-13,15,19H,4-10H2,1-3H3.